The second-order valence-corrected chi connectivity index (χ2v) is 5.94. The molecule has 1 aromatic rings. The molecule has 1 unspecified atom stereocenters. The molecular formula is C9H9ClF2N2O3S. The number of sulfonamides is 1. The smallest absolute Gasteiger partial charge is 0.255 e. The van der Waals surface area contributed by atoms with Crippen LogP contribution in [-0.2, 0) is 10.0 Å². The van der Waals surface area contributed by atoms with Gasteiger partial charge in [0.05, 0.1) is 18.7 Å². The van der Waals surface area contributed by atoms with Gasteiger partial charge in [-0.3, -0.25) is 0 Å². The van der Waals surface area contributed by atoms with Gasteiger partial charge in [-0.1, -0.05) is 11.6 Å². The van der Waals surface area contributed by atoms with Crippen molar-refractivity contribution in [3.63, 3.8) is 0 Å². The van der Waals surface area contributed by atoms with E-state index in [0.29, 0.717) is 0 Å². The van der Waals surface area contributed by atoms with Gasteiger partial charge in [0.25, 0.3) is 5.92 Å². The topological polar surface area (TPSA) is 82.3 Å². The molecule has 0 spiro atoms. The first-order valence-electron chi connectivity index (χ1n) is 4.89. The van der Waals surface area contributed by atoms with E-state index in [1.54, 1.807) is 0 Å². The van der Waals surface area contributed by atoms with E-state index >= 15 is 0 Å². The summed E-state index contributed by atoms with van der Waals surface area (Å²) in [6, 6.07) is 1.06. The predicted octanol–water partition coefficient (Wildman–Crippen LogP) is 1.42. The quantitative estimate of drug-likeness (QED) is 0.911. The van der Waals surface area contributed by atoms with Crippen LogP contribution in [0.25, 0.3) is 0 Å². The van der Waals surface area contributed by atoms with E-state index in [4.69, 9.17) is 21.5 Å². The molecule has 1 aliphatic rings. The molecule has 1 fully saturated rings. The van der Waals surface area contributed by atoms with E-state index in [-0.39, 0.29) is 28.8 Å². The van der Waals surface area contributed by atoms with E-state index in [9.17, 15) is 17.2 Å². The highest BCUT2D eigenvalue weighted by Crippen LogP contribution is 2.48. The van der Waals surface area contributed by atoms with E-state index in [1.165, 1.54) is 0 Å². The van der Waals surface area contributed by atoms with Crippen molar-refractivity contribution in [1.29, 1.82) is 0 Å². The van der Waals surface area contributed by atoms with E-state index in [2.05, 4.69) is 4.98 Å². The van der Waals surface area contributed by atoms with Gasteiger partial charge in [-0.15, -0.1) is 0 Å². The van der Waals surface area contributed by atoms with Gasteiger partial charge in [0, 0.05) is 6.42 Å². The van der Waals surface area contributed by atoms with Crippen LogP contribution in [0.4, 0.5) is 8.78 Å². The van der Waals surface area contributed by atoms with Crippen molar-refractivity contribution in [2.24, 2.45) is 11.1 Å². The SMILES string of the molecule is NS(=O)(=O)c1cnc(OCC2CC2(F)F)c(Cl)c1. The molecule has 1 atom stereocenters. The minimum Gasteiger partial charge on any atom is -0.476 e. The maximum Gasteiger partial charge on any atom is 0.255 e. The minimum atomic E-state index is -3.90. The van der Waals surface area contributed by atoms with Gasteiger partial charge in [0.2, 0.25) is 15.9 Å². The number of pyridine rings is 1. The third-order valence-corrected chi connectivity index (χ3v) is 3.64. The molecule has 0 bridgehead atoms. The Morgan fingerprint density at radius 2 is 2.22 bits per heavy atom. The molecular weight excluding hydrogens is 290 g/mol. The molecule has 1 saturated carbocycles. The summed E-state index contributed by atoms with van der Waals surface area (Å²) < 4.78 is 52.2. The first kappa shape index (κ1) is 13.4. The van der Waals surface area contributed by atoms with Crippen molar-refractivity contribution in [2.45, 2.75) is 17.2 Å². The van der Waals surface area contributed by atoms with Crippen LogP contribution in [0.3, 0.4) is 0 Å². The lowest BCUT2D eigenvalue weighted by molar-refractivity contribution is 0.0849. The van der Waals surface area contributed by atoms with Crippen molar-refractivity contribution in [2.75, 3.05) is 6.61 Å². The fourth-order valence-corrected chi connectivity index (χ4v) is 2.07. The zero-order valence-corrected chi connectivity index (χ0v) is 10.5. The van der Waals surface area contributed by atoms with Crippen molar-refractivity contribution < 1.29 is 21.9 Å². The highest BCUT2D eigenvalue weighted by atomic mass is 35.5. The normalized spacial score (nSPS) is 21.7. The van der Waals surface area contributed by atoms with Crippen LogP contribution in [0.1, 0.15) is 6.42 Å². The molecule has 1 heterocycles. The summed E-state index contributed by atoms with van der Waals surface area (Å²) in [5, 5.41) is 4.78. The van der Waals surface area contributed by atoms with Crippen LogP contribution < -0.4 is 9.88 Å². The van der Waals surface area contributed by atoms with Crippen LogP contribution in [0.5, 0.6) is 5.88 Å². The maximum absolute atomic E-state index is 12.6. The molecule has 18 heavy (non-hydrogen) atoms. The van der Waals surface area contributed by atoms with Crippen molar-refractivity contribution in [3.8, 4) is 5.88 Å². The van der Waals surface area contributed by atoms with E-state index in [1.807, 2.05) is 0 Å². The highest BCUT2D eigenvalue weighted by molar-refractivity contribution is 7.89. The van der Waals surface area contributed by atoms with Gasteiger partial charge in [-0.2, -0.15) is 0 Å². The average Bonchev–Trinajstić information content (AvgIpc) is 2.83. The minimum absolute atomic E-state index is 0.0910. The number of hydrogen-bond acceptors (Lipinski definition) is 4. The number of nitrogens with two attached hydrogens (primary N) is 1. The molecule has 100 valence electrons. The summed E-state index contributed by atoms with van der Waals surface area (Å²) in [5.41, 5.74) is 0. The van der Waals surface area contributed by atoms with Crippen LogP contribution >= 0.6 is 11.6 Å². The second kappa shape index (κ2) is 4.29. The Bertz CT molecular complexity index is 579. The summed E-state index contributed by atoms with van der Waals surface area (Å²) in [6.45, 7) is -0.214. The van der Waals surface area contributed by atoms with E-state index in [0.717, 1.165) is 12.3 Å². The fraction of sp³-hybridized carbons (Fsp3) is 0.444. The number of alkyl halides is 2. The number of primary sulfonamides is 1. The number of hydrogen-bond donors (Lipinski definition) is 1. The number of rotatable bonds is 4. The van der Waals surface area contributed by atoms with Crippen molar-refractivity contribution in [1.82, 2.24) is 4.98 Å². The van der Waals surface area contributed by atoms with Gasteiger partial charge in [-0.25, -0.2) is 27.3 Å². The number of nitrogens with zero attached hydrogens (tertiary/aromatic N) is 1. The summed E-state index contributed by atoms with van der Waals surface area (Å²) >= 11 is 5.72. The van der Waals surface area contributed by atoms with Crippen LogP contribution in [0, 0.1) is 5.92 Å². The first-order valence-corrected chi connectivity index (χ1v) is 6.81. The second-order valence-electron chi connectivity index (χ2n) is 3.98. The first-order chi connectivity index (χ1) is 8.20. The van der Waals surface area contributed by atoms with Gasteiger partial charge < -0.3 is 4.74 Å². The largest absolute Gasteiger partial charge is 0.476 e. The highest BCUT2D eigenvalue weighted by Gasteiger charge is 2.57. The Morgan fingerprint density at radius 1 is 1.61 bits per heavy atom. The molecule has 5 nitrogen and oxygen atoms in total. The molecule has 2 N–H and O–H groups in total. The number of aromatic nitrogens is 1. The molecule has 0 saturated heterocycles. The van der Waals surface area contributed by atoms with Crippen LogP contribution in [0.2, 0.25) is 5.02 Å². The standard InChI is InChI=1S/C9H9ClF2N2O3S/c10-7-1-6(18(13,15)16)3-14-8(7)17-4-5-2-9(5,11)12/h1,3,5H,2,4H2,(H2,13,15,16). The zero-order valence-electron chi connectivity index (χ0n) is 8.94. The van der Waals surface area contributed by atoms with E-state index < -0.39 is 21.9 Å². The Morgan fingerprint density at radius 3 is 2.67 bits per heavy atom. The lowest BCUT2D eigenvalue weighted by Crippen LogP contribution is -2.13. The molecule has 1 aliphatic carbocycles. The van der Waals surface area contributed by atoms with Gasteiger partial charge in [0.1, 0.15) is 9.92 Å². The Balaban J connectivity index is 2.07. The van der Waals surface area contributed by atoms with Gasteiger partial charge >= 0.3 is 0 Å². The molecule has 1 aromatic heterocycles. The Kier molecular flexibility index (Phi) is 3.20. The average molecular weight is 299 g/mol. The molecule has 0 aliphatic heterocycles. The summed E-state index contributed by atoms with van der Waals surface area (Å²) in [5.74, 6) is -3.62. The molecule has 9 heteroatoms. The van der Waals surface area contributed by atoms with Crippen molar-refractivity contribution >= 4 is 21.6 Å². The summed E-state index contributed by atoms with van der Waals surface area (Å²) in [6.07, 6.45) is 0.738. The number of ether oxygens (including phenoxy) is 1. The Hall–Kier alpha value is -0.990. The molecule has 0 aromatic carbocycles. The third kappa shape index (κ3) is 2.88. The summed E-state index contributed by atoms with van der Waals surface area (Å²) in [7, 11) is -3.90. The summed E-state index contributed by atoms with van der Waals surface area (Å²) in [4.78, 5) is 3.37. The predicted molar refractivity (Wildman–Crippen MR) is 59.2 cm³/mol. The van der Waals surface area contributed by atoms with Gasteiger partial charge in [0.15, 0.2) is 0 Å². The Labute approximate surface area is 107 Å². The lowest BCUT2D eigenvalue weighted by Gasteiger charge is -2.07. The van der Waals surface area contributed by atoms with Crippen molar-refractivity contribution in [3.05, 3.63) is 17.3 Å². The third-order valence-electron chi connectivity index (χ3n) is 2.49. The maximum atomic E-state index is 12.6. The van der Waals surface area contributed by atoms with Crippen LogP contribution in [0.15, 0.2) is 17.2 Å². The molecule has 0 radical (unpaired) electrons. The molecule has 0 amide bonds. The molecule has 2 rings (SSSR count). The van der Waals surface area contributed by atoms with Crippen LogP contribution in [-0.4, -0.2) is 25.9 Å². The van der Waals surface area contributed by atoms with Gasteiger partial charge in [-0.05, 0) is 6.07 Å². The number of halogens is 3. The zero-order chi connectivity index (χ0) is 13.6. The monoisotopic (exact) mass is 298 g/mol. The lowest BCUT2D eigenvalue weighted by atomic mass is 10.4. The fourth-order valence-electron chi connectivity index (χ4n) is 1.30.